The summed E-state index contributed by atoms with van der Waals surface area (Å²) in [6.07, 6.45) is 0. The van der Waals surface area contributed by atoms with Crippen molar-refractivity contribution >= 4 is 33.5 Å². The Morgan fingerprint density at radius 1 is 0.700 bits per heavy atom. The summed E-state index contributed by atoms with van der Waals surface area (Å²) in [4.78, 5) is 22.5. The van der Waals surface area contributed by atoms with Gasteiger partial charge in [-0.25, -0.2) is 9.59 Å². The molecule has 20 heavy (non-hydrogen) atoms. The number of fused-ring (bicyclic) bond motifs is 2. The van der Waals surface area contributed by atoms with Gasteiger partial charge in [0.1, 0.15) is 0 Å². The smallest absolute Gasteiger partial charge is 0.336 e. The standard InChI is InChI=1S/C16H10O4/c17-15(18)11-5-1-3-9-7-14-10(8-13(9)11)4-2-6-12(14)16(19)20/h1-8H,(H,17,18)(H,19,20). The average molecular weight is 266 g/mol. The number of hydrogen-bond acceptors (Lipinski definition) is 2. The maximum Gasteiger partial charge on any atom is 0.336 e. The summed E-state index contributed by atoms with van der Waals surface area (Å²) in [5.74, 6) is -1.99. The van der Waals surface area contributed by atoms with Crippen LogP contribution in [0.5, 0.6) is 0 Å². The molecule has 0 heterocycles. The van der Waals surface area contributed by atoms with Gasteiger partial charge in [-0.3, -0.25) is 0 Å². The second kappa shape index (κ2) is 4.35. The summed E-state index contributed by atoms with van der Waals surface area (Å²) in [7, 11) is 0. The normalized spacial score (nSPS) is 10.8. The number of benzene rings is 3. The number of hydrogen-bond donors (Lipinski definition) is 2. The van der Waals surface area contributed by atoms with Crippen molar-refractivity contribution in [3.63, 3.8) is 0 Å². The van der Waals surface area contributed by atoms with E-state index in [1.165, 1.54) is 12.1 Å². The highest BCUT2D eigenvalue weighted by Gasteiger charge is 2.12. The fraction of sp³-hybridized carbons (Fsp3) is 0. The van der Waals surface area contributed by atoms with Crippen molar-refractivity contribution in [1.29, 1.82) is 0 Å². The molecule has 0 aliphatic carbocycles. The monoisotopic (exact) mass is 266 g/mol. The lowest BCUT2D eigenvalue weighted by Gasteiger charge is -2.07. The fourth-order valence-corrected chi connectivity index (χ4v) is 2.42. The highest BCUT2D eigenvalue weighted by molar-refractivity contribution is 6.12. The van der Waals surface area contributed by atoms with Crippen LogP contribution in [-0.2, 0) is 0 Å². The van der Waals surface area contributed by atoms with Gasteiger partial charge in [-0.2, -0.15) is 0 Å². The molecule has 3 aromatic carbocycles. The van der Waals surface area contributed by atoms with E-state index in [4.69, 9.17) is 0 Å². The van der Waals surface area contributed by atoms with E-state index in [-0.39, 0.29) is 11.1 Å². The Morgan fingerprint density at radius 2 is 1.10 bits per heavy atom. The minimum atomic E-state index is -0.996. The fourth-order valence-electron chi connectivity index (χ4n) is 2.42. The van der Waals surface area contributed by atoms with Gasteiger partial charge in [0.2, 0.25) is 0 Å². The molecule has 4 nitrogen and oxygen atoms in total. The summed E-state index contributed by atoms with van der Waals surface area (Å²) in [6.45, 7) is 0. The Labute approximate surface area is 113 Å². The van der Waals surface area contributed by atoms with E-state index in [0.29, 0.717) is 21.5 Å². The number of carboxylic acids is 2. The van der Waals surface area contributed by atoms with Crippen LogP contribution in [0.1, 0.15) is 20.7 Å². The zero-order valence-electron chi connectivity index (χ0n) is 10.3. The van der Waals surface area contributed by atoms with Crippen molar-refractivity contribution in [2.24, 2.45) is 0 Å². The van der Waals surface area contributed by atoms with Gasteiger partial charge in [0, 0.05) is 0 Å². The molecule has 0 amide bonds. The quantitative estimate of drug-likeness (QED) is 0.697. The molecular formula is C16H10O4. The van der Waals surface area contributed by atoms with Gasteiger partial charge in [0.15, 0.2) is 0 Å². The van der Waals surface area contributed by atoms with Gasteiger partial charge < -0.3 is 10.2 Å². The van der Waals surface area contributed by atoms with Crippen molar-refractivity contribution in [3.8, 4) is 0 Å². The van der Waals surface area contributed by atoms with Gasteiger partial charge in [0.25, 0.3) is 0 Å². The van der Waals surface area contributed by atoms with Gasteiger partial charge in [-0.1, -0.05) is 24.3 Å². The molecule has 0 atom stereocenters. The highest BCUT2D eigenvalue weighted by atomic mass is 16.4. The molecule has 0 aromatic heterocycles. The number of rotatable bonds is 2. The molecule has 98 valence electrons. The SMILES string of the molecule is O=C(O)c1cccc2cc3c(C(=O)O)cccc3cc12. The van der Waals surface area contributed by atoms with Crippen LogP contribution >= 0.6 is 0 Å². The van der Waals surface area contributed by atoms with E-state index >= 15 is 0 Å². The molecule has 0 saturated carbocycles. The third-order valence-corrected chi connectivity index (χ3v) is 3.34. The van der Waals surface area contributed by atoms with E-state index in [1.54, 1.807) is 36.4 Å². The van der Waals surface area contributed by atoms with Crippen LogP contribution in [0.2, 0.25) is 0 Å². The first kappa shape index (κ1) is 12.2. The third kappa shape index (κ3) is 1.78. The van der Waals surface area contributed by atoms with Crippen LogP contribution in [0.4, 0.5) is 0 Å². The van der Waals surface area contributed by atoms with Crippen LogP contribution < -0.4 is 0 Å². The predicted molar refractivity (Wildman–Crippen MR) is 75.4 cm³/mol. The highest BCUT2D eigenvalue weighted by Crippen LogP contribution is 2.27. The van der Waals surface area contributed by atoms with Crippen molar-refractivity contribution in [2.45, 2.75) is 0 Å². The molecule has 0 aliphatic heterocycles. The Kier molecular flexibility index (Phi) is 2.64. The van der Waals surface area contributed by atoms with Gasteiger partial charge in [-0.15, -0.1) is 0 Å². The van der Waals surface area contributed by atoms with Crippen molar-refractivity contribution in [2.75, 3.05) is 0 Å². The Balaban J connectivity index is 2.46. The molecule has 0 unspecified atom stereocenters. The first-order valence-corrected chi connectivity index (χ1v) is 6.00. The molecule has 0 radical (unpaired) electrons. The first-order valence-electron chi connectivity index (χ1n) is 6.00. The second-order valence-corrected chi connectivity index (χ2v) is 4.52. The number of aromatic carboxylic acids is 2. The largest absolute Gasteiger partial charge is 0.478 e. The maximum atomic E-state index is 11.2. The van der Waals surface area contributed by atoms with Crippen molar-refractivity contribution in [3.05, 3.63) is 59.7 Å². The van der Waals surface area contributed by atoms with Crippen LogP contribution in [0.3, 0.4) is 0 Å². The zero-order valence-corrected chi connectivity index (χ0v) is 10.3. The van der Waals surface area contributed by atoms with E-state index in [2.05, 4.69) is 0 Å². The molecule has 0 spiro atoms. The van der Waals surface area contributed by atoms with E-state index in [0.717, 1.165) is 0 Å². The topological polar surface area (TPSA) is 74.6 Å². The molecule has 3 rings (SSSR count). The number of carbonyl (C=O) groups is 2. The lowest BCUT2D eigenvalue weighted by Crippen LogP contribution is -1.99. The molecule has 3 aromatic rings. The average Bonchev–Trinajstić information content (AvgIpc) is 2.43. The molecule has 0 aliphatic rings. The summed E-state index contributed by atoms with van der Waals surface area (Å²) in [5.41, 5.74) is 0.426. The minimum absolute atomic E-state index is 0.213. The van der Waals surface area contributed by atoms with Crippen LogP contribution in [0.25, 0.3) is 21.5 Å². The van der Waals surface area contributed by atoms with E-state index in [1.807, 2.05) is 0 Å². The lowest BCUT2D eigenvalue weighted by atomic mass is 9.97. The van der Waals surface area contributed by atoms with E-state index < -0.39 is 11.9 Å². The van der Waals surface area contributed by atoms with E-state index in [9.17, 15) is 19.8 Å². The van der Waals surface area contributed by atoms with Gasteiger partial charge in [-0.05, 0) is 45.8 Å². The molecule has 2 N–H and O–H groups in total. The predicted octanol–water partition coefficient (Wildman–Crippen LogP) is 3.39. The van der Waals surface area contributed by atoms with Gasteiger partial charge in [0.05, 0.1) is 11.1 Å². The molecular weight excluding hydrogens is 256 g/mol. The lowest BCUT2D eigenvalue weighted by molar-refractivity contribution is 0.0688. The molecule has 0 bridgehead atoms. The Hall–Kier alpha value is -2.88. The number of carboxylic acid groups (broad SMARTS) is 2. The second-order valence-electron chi connectivity index (χ2n) is 4.52. The summed E-state index contributed by atoms with van der Waals surface area (Å²) in [6, 6.07) is 13.4. The van der Waals surface area contributed by atoms with Gasteiger partial charge >= 0.3 is 11.9 Å². The minimum Gasteiger partial charge on any atom is -0.478 e. The molecule has 0 saturated heterocycles. The maximum absolute atomic E-state index is 11.2. The Bertz CT molecular complexity index is 791. The Morgan fingerprint density at radius 3 is 1.45 bits per heavy atom. The summed E-state index contributed by atoms with van der Waals surface area (Å²) < 4.78 is 0. The summed E-state index contributed by atoms with van der Waals surface area (Å²) in [5, 5.41) is 21.0. The molecule has 4 heteroatoms. The summed E-state index contributed by atoms with van der Waals surface area (Å²) >= 11 is 0. The van der Waals surface area contributed by atoms with Crippen LogP contribution in [0.15, 0.2) is 48.5 Å². The van der Waals surface area contributed by atoms with Crippen LogP contribution in [0, 0.1) is 0 Å². The molecule has 0 fully saturated rings. The zero-order chi connectivity index (χ0) is 14.3. The van der Waals surface area contributed by atoms with Crippen LogP contribution in [-0.4, -0.2) is 22.2 Å². The third-order valence-electron chi connectivity index (χ3n) is 3.34. The van der Waals surface area contributed by atoms with Crippen molar-refractivity contribution in [1.82, 2.24) is 0 Å². The van der Waals surface area contributed by atoms with Crippen molar-refractivity contribution < 1.29 is 19.8 Å². The first-order chi connectivity index (χ1) is 9.58.